The van der Waals surface area contributed by atoms with E-state index in [-0.39, 0.29) is 67.8 Å². The number of thiazole rings is 1. The smallest absolute Gasteiger partial charge is 0.266 e. The van der Waals surface area contributed by atoms with E-state index in [0.29, 0.717) is 34.1 Å². The molecule has 1 saturated heterocycles. The molecule has 0 saturated carbocycles. The monoisotopic (exact) mass is 1100 g/mol. The Balaban J connectivity index is 0.812. The number of carbonyl (C=O) groups is 4. The van der Waals surface area contributed by atoms with Gasteiger partial charge in [0.05, 0.1) is 46.6 Å². The van der Waals surface area contributed by atoms with Crippen molar-refractivity contribution < 1.29 is 50.6 Å². The number of sulfonamides is 1. The maximum atomic E-state index is 14.5. The Morgan fingerprint density at radius 2 is 1.67 bits per heavy atom. The van der Waals surface area contributed by atoms with Crippen LogP contribution in [0.1, 0.15) is 61.6 Å². The lowest BCUT2D eigenvalue weighted by atomic mass is 9.85. The lowest BCUT2D eigenvalue weighted by Gasteiger charge is -2.35. The number of aromatic nitrogens is 6. The summed E-state index contributed by atoms with van der Waals surface area (Å²) < 4.78 is 69.8. The number of fused-ring (bicyclic) bond motifs is 1. The van der Waals surface area contributed by atoms with E-state index in [1.807, 2.05) is 31.2 Å². The van der Waals surface area contributed by atoms with Crippen molar-refractivity contribution >= 4 is 56.3 Å². The summed E-state index contributed by atoms with van der Waals surface area (Å²) >= 11 is 1.55. The number of anilines is 1. The second-order valence-electron chi connectivity index (χ2n) is 19.5. The van der Waals surface area contributed by atoms with Crippen LogP contribution in [0, 0.1) is 24.0 Å². The average molecular weight is 1100 g/mol. The first-order valence-corrected chi connectivity index (χ1v) is 26.9. The Morgan fingerprint density at radius 3 is 2.40 bits per heavy atom. The fourth-order valence-corrected chi connectivity index (χ4v) is 10.8. The molecular formula is C54H53F2N11O9S2. The highest BCUT2D eigenvalue weighted by Gasteiger charge is 2.44. The van der Waals surface area contributed by atoms with E-state index in [9.17, 15) is 41.5 Å². The summed E-state index contributed by atoms with van der Waals surface area (Å²) in [4.78, 5) is 69.4. The summed E-state index contributed by atoms with van der Waals surface area (Å²) in [6.45, 7) is 7.58. The molecule has 5 N–H and O–H groups in total. The number of nitrogens with one attached hydrogen (secondary N) is 4. The van der Waals surface area contributed by atoms with Gasteiger partial charge in [-0.1, -0.05) is 57.2 Å². The largest absolute Gasteiger partial charge is 0.480 e. The first kappa shape index (κ1) is 54.3. The number of pyridine rings is 2. The zero-order chi connectivity index (χ0) is 55.5. The van der Waals surface area contributed by atoms with Gasteiger partial charge in [0.25, 0.3) is 21.8 Å². The van der Waals surface area contributed by atoms with Crippen LogP contribution >= 0.6 is 11.3 Å². The zero-order valence-electron chi connectivity index (χ0n) is 42.8. The second kappa shape index (κ2) is 22.6. The van der Waals surface area contributed by atoms with Crippen molar-refractivity contribution in [3.05, 3.63) is 137 Å². The van der Waals surface area contributed by atoms with Crippen LogP contribution in [0.25, 0.3) is 50.3 Å². The Morgan fingerprint density at radius 1 is 0.910 bits per heavy atom. The van der Waals surface area contributed by atoms with E-state index < -0.39 is 73.8 Å². The fraction of sp³-hybridized carbons (Fsp3) is 0.278. The Kier molecular flexibility index (Phi) is 15.8. The fourth-order valence-electron chi connectivity index (χ4n) is 8.91. The molecule has 1 aliphatic heterocycles. The molecule has 1 aliphatic rings. The number of methoxy groups -OCH3 is 1. The van der Waals surface area contributed by atoms with Gasteiger partial charge in [-0.3, -0.25) is 28.3 Å². The third-order valence-electron chi connectivity index (χ3n) is 12.9. The minimum Gasteiger partial charge on any atom is -0.480 e. The van der Waals surface area contributed by atoms with Crippen molar-refractivity contribution in [2.75, 3.05) is 24.9 Å². The van der Waals surface area contributed by atoms with Gasteiger partial charge < -0.3 is 35.1 Å². The highest BCUT2D eigenvalue weighted by Crippen LogP contribution is 2.34. The summed E-state index contributed by atoms with van der Waals surface area (Å²) in [5.41, 5.74) is 6.05. The van der Waals surface area contributed by atoms with Crippen molar-refractivity contribution in [3.63, 3.8) is 0 Å². The van der Waals surface area contributed by atoms with Gasteiger partial charge in [0.1, 0.15) is 45.6 Å². The summed E-state index contributed by atoms with van der Waals surface area (Å²) in [5.74, 6) is -4.10. The zero-order valence-corrected chi connectivity index (χ0v) is 44.4. The Bertz CT molecular complexity index is 3670. The summed E-state index contributed by atoms with van der Waals surface area (Å²) in [5, 5.41) is 27.7. The number of aliphatic hydroxyl groups excluding tert-OH is 1. The molecule has 0 spiro atoms. The molecule has 20 nitrogen and oxygen atoms in total. The summed E-state index contributed by atoms with van der Waals surface area (Å²) in [7, 11) is -3.27. The number of rotatable bonds is 18. The highest BCUT2D eigenvalue weighted by molar-refractivity contribution is 7.92. The highest BCUT2D eigenvalue weighted by atomic mass is 32.2. The number of carbonyl (C=O) groups excluding carboxylic acids is 4. The van der Waals surface area contributed by atoms with E-state index >= 15 is 0 Å². The van der Waals surface area contributed by atoms with Gasteiger partial charge >= 0.3 is 0 Å². The number of nitrogens with zero attached hydrogens (tertiary/aromatic N) is 7. The van der Waals surface area contributed by atoms with Gasteiger partial charge in [-0.05, 0) is 72.4 Å². The van der Waals surface area contributed by atoms with Crippen molar-refractivity contribution in [1.82, 2.24) is 50.4 Å². The molecule has 3 atom stereocenters. The van der Waals surface area contributed by atoms with Crippen molar-refractivity contribution in [1.29, 1.82) is 0 Å². The molecule has 0 radical (unpaired) electrons. The third-order valence-corrected chi connectivity index (χ3v) is 15.3. The molecule has 6 heterocycles. The summed E-state index contributed by atoms with van der Waals surface area (Å²) in [6.07, 6.45) is 3.91. The van der Waals surface area contributed by atoms with Gasteiger partial charge in [0.2, 0.25) is 29.5 Å². The molecule has 78 heavy (non-hydrogen) atoms. The average Bonchev–Trinajstić information content (AvgIpc) is 4.31. The molecule has 404 valence electrons. The molecule has 1 fully saturated rings. The predicted octanol–water partition coefficient (Wildman–Crippen LogP) is 6.95. The normalized spacial score (nSPS) is 15.0. The van der Waals surface area contributed by atoms with Crippen LogP contribution in [0.5, 0.6) is 5.88 Å². The van der Waals surface area contributed by atoms with E-state index in [4.69, 9.17) is 9.15 Å². The number of halogens is 2. The minimum absolute atomic E-state index is 0.0196. The van der Waals surface area contributed by atoms with Crippen LogP contribution in [0.4, 0.5) is 14.5 Å². The molecule has 8 aromatic rings. The lowest BCUT2D eigenvalue weighted by Crippen LogP contribution is -2.57. The molecule has 0 aliphatic carbocycles. The van der Waals surface area contributed by atoms with Crippen LogP contribution in [0.3, 0.4) is 0 Å². The number of likely N-dealkylation sites (tertiary alicyclic amines) is 1. The van der Waals surface area contributed by atoms with Crippen molar-refractivity contribution in [2.24, 2.45) is 5.41 Å². The lowest BCUT2D eigenvalue weighted by molar-refractivity contribution is -0.144. The number of hydrogen-bond donors (Lipinski definition) is 5. The Hall–Kier alpha value is -8.48. The Labute approximate surface area is 450 Å². The minimum atomic E-state index is -4.55. The number of ether oxygens (including phenoxy) is 1. The molecule has 3 unspecified atom stereocenters. The van der Waals surface area contributed by atoms with Crippen molar-refractivity contribution in [3.8, 4) is 50.5 Å². The first-order chi connectivity index (χ1) is 37.3. The first-order valence-electron chi connectivity index (χ1n) is 24.5. The number of imidazole rings is 1. The molecule has 4 amide bonds. The number of amides is 4. The van der Waals surface area contributed by atoms with Gasteiger partial charge in [-0.2, -0.15) is 0 Å². The van der Waals surface area contributed by atoms with Crippen LogP contribution in [-0.2, 0) is 31.0 Å². The maximum absolute atomic E-state index is 14.5. The number of aryl methyl sites for hydroxylation is 1. The molecular weight excluding hydrogens is 1050 g/mol. The van der Waals surface area contributed by atoms with E-state index in [1.54, 1.807) is 84.6 Å². The summed E-state index contributed by atoms with van der Waals surface area (Å²) in [6, 6.07) is 19.3. The second-order valence-corrected chi connectivity index (χ2v) is 22.0. The predicted molar refractivity (Wildman–Crippen MR) is 284 cm³/mol. The number of benzene rings is 3. The number of β-amino-alcohol motifs (C(OH)–C–C–N with tert-alkyl or cyclic N) is 1. The number of hydrogen-bond acceptors (Lipinski definition) is 15. The SMILES string of the molecule is COc1ncc(-c2ccc3ncc(-c4nnc(-c5ccccc5C(=O)NCCCC(=O)NC(C(=O)N5CC(O)CC5C(=O)NCc5ccc(-c6scnc6C)cc5)C(C)(C)C)o4)n3c2)cc1NS(=O)(=O)c1ccc(F)cc1F. The standard InChI is InChI=1S/C54H53F2N11O9S2/c1-30-46(77-29-61-30)32-14-12-31(13-15-32)24-59-49(71)41-23-36(68)28-67(41)53(72)47(54(2,3)4)62-45(69)11-8-20-57-48(70)37-9-6-7-10-38(37)50-63-64-52(76-50)42-26-58-44-19-16-33(27-66(42)44)34-21-40(51(75-5)60-25-34)65-78(73,74)43-18-17-35(55)22-39(43)56/h6-7,9-10,12-19,21-22,25-27,29,36,41,47,65,68H,8,11,20,23-24,28H2,1-5H3,(H,57,70)(H,59,71)(H,62,69). The van der Waals surface area contributed by atoms with Crippen LogP contribution in [-0.4, -0.2) is 110 Å². The molecule has 24 heteroatoms. The van der Waals surface area contributed by atoms with Gasteiger partial charge in [0.15, 0.2) is 0 Å². The third kappa shape index (κ3) is 11.9. The van der Waals surface area contributed by atoms with Crippen molar-refractivity contribution in [2.45, 2.75) is 76.6 Å². The van der Waals surface area contributed by atoms with Crippen LogP contribution < -0.4 is 25.4 Å². The van der Waals surface area contributed by atoms with Crippen LogP contribution in [0.15, 0.2) is 118 Å². The molecule has 3 aromatic carbocycles. The van der Waals surface area contributed by atoms with E-state index in [1.165, 1.54) is 30.5 Å². The van der Waals surface area contributed by atoms with Gasteiger partial charge in [0, 0.05) is 62.1 Å². The quantitative estimate of drug-likeness (QED) is 0.0545. The van der Waals surface area contributed by atoms with Crippen LogP contribution in [0.2, 0.25) is 0 Å². The van der Waals surface area contributed by atoms with E-state index in [0.717, 1.165) is 33.8 Å². The molecule has 0 bridgehead atoms. The molecule has 9 rings (SSSR count). The van der Waals surface area contributed by atoms with Gasteiger partial charge in [-0.15, -0.1) is 21.5 Å². The van der Waals surface area contributed by atoms with Gasteiger partial charge in [-0.25, -0.2) is 32.2 Å². The topological polar surface area (TPSA) is 265 Å². The number of aliphatic hydroxyl groups is 1. The van der Waals surface area contributed by atoms with E-state index in [2.05, 4.69) is 45.8 Å². The maximum Gasteiger partial charge on any atom is 0.266 e. The molecule has 5 aromatic heterocycles.